The maximum Gasteiger partial charge on any atom is 0.00237 e. The molecule has 1 aromatic carbocycles. The Balaban J connectivity index is 1.89. The molecule has 1 aliphatic heterocycles. The van der Waals surface area contributed by atoms with Gasteiger partial charge in [0.05, 0.1) is 0 Å². The van der Waals surface area contributed by atoms with Crippen LogP contribution in [0.1, 0.15) is 18.9 Å². The second-order valence-corrected chi connectivity index (χ2v) is 6.11. The van der Waals surface area contributed by atoms with Gasteiger partial charge in [0, 0.05) is 18.5 Å². The summed E-state index contributed by atoms with van der Waals surface area (Å²) in [4.78, 5) is 0. The van der Waals surface area contributed by atoms with Gasteiger partial charge in [0.15, 0.2) is 0 Å². The predicted octanol–water partition coefficient (Wildman–Crippen LogP) is 2.96. The number of thioether (sulfide) groups is 1. The molecule has 1 nitrogen and oxygen atoms in total. The second-order valence-electron chi connectivity index (χ2n) is 4.71. The lowest BCUT2D eigenvalue weighted by atomic mass is 9.74. The van der Waals surface area contributed by atoms with Crippen LogP contribution in [0.3, 0.4) is 0 Å². The zero-order valence-electron chi connectivity index (χ0n) is 10.0. The molecular formula is C14H21NS. The molecule has 0 atom stereocenters. The molecule has 1 aromatic rings. The lowest BCUT2D eigenvalue weighted by molar-refractivity contribution is 0.162. The van der Waals surface area contributed by atoms with Gasteiger partial charge in [-0.2, -0.15) is 11.8 Å². The summed E-state index contributed by atoms with van der Waals surface area (Å²) in [5.41, 5.74) is 2.04. The molecule has 1 N–H and O–H groups in total. The molecule has 1 saturated heterocycles. The maximum absolute atomic E-state index is 3.44. The molecule has 0 saturated carbocycles. The molecule has 2 rings (SSSR count). The van der Waals surface area contributed by atoms with Gasteiger partial charge in [0.1, 0.15) is 0 Å². The highest BCUT2D eigenvalue weighted by molar-refractivity contribution is 7.99. The molecule has 0 radical (unpaired) electrons. The molecule has 2 heteroatoms. The van der Waals surface area contributed by atoms with Gasteiger partial charge in [-0.05, 0) is 29.9 Å². The lowest BCUT2D eigenvalue weighted by Crippen LogP contribution is -2.55. The molecule has 0 bridgehead atoms. The summed E-state index contributed by atoms with van der Waals surface area (Å²) >= 11 is 2.07. The van der Waals surface area contributed by atoms with Crippen LogP contribution in [0.4, 0.5) is 0 Å². The van der Waals surface area contributed by atoms with E-state index >= 15 is 0 Å². The SMILES string of the molecule is CCSCCC1(Cc2ccccc2)CNC1. The number of hydrogen-bond acceptors (Lipinski definition) is 2. The molecule has 0 amide bonds. The summed E-state index contributed by atoms with van der Waals surface area (Å²) in [6.45, 7) is 4.64. The Hall–Kier alpha value is -0.470. The first-order valence-electron chi connectivity index (χ1n) is 6.17. The Morgan fingerprint density at radius 2 is 2.00 bits per heavy atom. The van der Waals surface area contributed by atoms with Crippen LogP contribution in [0, 0.1) is 5.41 Å². The highest BCUT2D eigenvalue weighted by Crippen LogP contribution is 2.32. The molecular weight excluding hydrogens is 214 g/mol. The largest absolute Gasteiger partial charge is 0.316 e. The summed E-state index contributed by atoms with van der Waals surface area (Å²) in [5.74, 6) is 2.56. The van der Waals surface area contributed by atoms with Crippen molar-refractivity contribution >= 4 is 11.8 Å². The molecule has 0 aliphatic carbocycles. The molecule has 16 heavy (non-hydrogen) atoms. The third-order valence-corrected chi connectivity index (χ3v) is 4.30. The number of rotatable bonds is 6. The van der Waals surface area contributed by atoms with Gasteiger partial charge in [-0.25, -0.2) is 0 Å². The maximum atomic E-state index is 3.44. The molecule has 0 aromatic heterocycles. The van der Waals surface area contributed by atoms with E-state index in [-0.39, 0.29) is 0 Å². The zero-order chi connectivity index (χ0) is 11.3. The quantitative estimate of drug-likeness (QED) is 0.761. The third kappa shape index (κ3) is 3.02. The minimum Gasteiger partial charge on any atom is -0.316 e. The standard InChI is InChI=1S/C14H21NS/c1-2-16-9-8-14(11-15-12-14)10-13-6-4-3-5-7-13/h3-7,15H,2,8-12H2,1H3. The van der Waals surface area contributed by atoms with Gasteiger partial charge in [-0.15, -0.1) is 0 Å². The molecule has 1 heterocycles. The summed E-state index contributed by atoms with van der Waals surface area (Å²) in [7, 11) is 0. The van der Waals surface area contributed by atoms with Crippen molar-refractivity contribution in [1.82, 2.24) is 5.32 Å². The Kier molecular flexibility index (Phi) is 4.30. The fourth-order valence-corrected chi connectivity index (χ4v) is 3.20. The van der Waals surface area contributed by atoms with E-state index in [1.807, 2.05) is 0 Å². The van der Waals surface area contributed by atoms with Gasteiger partial charge in [0.2, 0.25) is 0 Å². The van der Waals surface area contributed by atoms with E-state index in [1.165, 1.54) is 43.0 Å². The van der Waals surface area contributed by atoms with Crippen molar-refractivity contribution in [3.63, 3.8) is 0 Å². The van der Waals surface area contributed by atoms with Crippen LogP contribution >= 0.6 is 11.8 Å². The number of nitrogens with one attached hydrogen (secondary N) is 1. The van der Waals surface area contributed by atoms with E-state index in [4.69, 9.17) is 0 Å². The van der Waals surface area contributed by atoms with Crippen molar-refractivity contribution in [3.05, 3.63) is 35.9 Å². The van der Waals surface area contributed by atoms with Crippen molar-refractivity contribution in [3.8, 4) is 0 Å². The molecule has 0 spiro atoms. The van der Waals surface area contributed by atoms with E-state index in [0.29, 0.717) is 5.41 Å². The average molecular weight is 235 g/mol. The van der Waals surface area contributed by atoms with Crippen LogP contribution in [0.25, 0.3) is 0 Å². The smallest absolute Gasteiger partial charge is 0.00237 e. The van der Waals surface area contributed by atoms with Crippen LogP contribution in [0.15, 0.2) is 30.3 Å². The number of benzene rings is 1. The van der Waals surface area contributed by atoms with Gasteiger partial charge < -0.3 is 5.32 Å². The van der Waals surface area contributed by atoms with E-state index in [9.17, 15) is 0 Å². The van der Waals surface area contributed by atoms with Gasteiger partial charge in [-0.1, -0.05) is 37.3 Å². The average Bonchev–Trinajstić information content (AvgIpc) is 2.27. The highest BCUT2D eigenvalue weighted by atomic mass is 32.2. The monoisotopic (exact) mass is 235 g/mol. The van der Waals surface area contributed by atoms with Crippen molar-refractivity contribution in [2.24, 2.45) is 5.41 Å². The number of hydrogen-bond donors (Lipinski definition) is 1. The van der Waals surface area contributed by atoms with E-state index < -0.39 is 0 Å². The van der Waals surface area contributed by atoms with Crippen LogP contribution in [0.5, 0.6) is 0 Å². The second kappa shape index (κ2) is 5.74. The Morgan fingerprint density at radius 1 is 1.25 bits per heavy atom. The Bertz CT molecular complexity index is 306. The van der Waals surface area contributed by atoms with Crippen molar-refractivity contribution < 1.29 is 0 Å². The molecule has 88 valence electrons. The summed E-state index contributed by atoms with van der Waals surface area (Å²) < 4.78 is 0. The molecule has 1 aliphatic rings. The van der Waals surface area contributed by atoms with Gasteiger partial charge in [0.25, 0.3) is 0 Å². The summed E-state index contributed by atoms with van der Waals surface area (Å²) in [6, 6.07) is 10.9. The predicted molar refractivity (Wildman–Crippen MR) is 73.1 cm³/mol. The van der Waals surface area contributed by atoms with Crippen LogP contribution in [-0.4, -0.2) is 24.6 Å². The fourth-order valence-electron chi connectivity index (χ4n) is 2.33. The van der Waals surface area contributed by atoms with Crippen molar-refractivity contribution in [2.75, 3.05) is 24.6 Å². The normalized spacial score (nSPS) is 18.1. The summed E-state index contributed by atoms with van der Waals surface area (Å²) in [5, 5.41) is 3.44. The first-order valence-corrected chi connectivity index (χ1v) is 7.32. The highest BCUT2D eigenvalue weighted by Gasteiger charge is 2.36. The summed E-state index contributed by atoms with van der Waals surface area (Å²) in [6.07, 6.45) is 2.60. The van der Waals surface area contributed by atoms with Crippen LogP contribution in [-0.2, 0) is 6.42 Å². The van der Waals surface area contributed by atoms with Crippen LogP contribution in [0.2, 0.25) is 0 Å². The molecule has 1 fully saturated rings. The minimum atomic E-state index is 0.545. The van der Waals surface area contributed by atoms with Gasteiger partial charge >= 0.3 is 0 Å². The van der Waals surface area contributed by atoms with E-state index in [1.54, 1.807) is 0 Å². The lowest BCUT2D eigenvalue weighted by Gasteiger charge is -2.43. The van der Waals surface area contributed by atoms with Crippen molar-refractivity contribution in [1.29, 1.82) is 0 Å². The fraction of sp³-hybridized carbons (Fsp3) is 0.571. The molecule has 0 unspecified atom stereocenters. The minimum absolute atomic E-state index is 0.545. The van der Waals surface area contributed by atoms with Crippen LogP contribution < -0.4 is 5.32 Å². The Morgan fingerprint density at radius 3 is 2.56 bits per heavy atom. The first kappa shape index (κ1) is 12.0. The third-order valence-electron chi connectivity index (χ3n) is 3.40. The topological polar surface area (TPSA) is 12.0 Å². The zero-order valence-corrected chi connectivity index (χ0v) is 10.9. The Labute approximate surface area is 103 Å². The van der Waals surface area contributed by atoms with Crippen molar-refractivity contribution in [2.45, 2.75) is 19.8 Å². The van der Waals surface area contributed by atoms with E-state index in [2.05, 4.69) is 54.3 Å². The first-order chi connectivity index (χ1) is 7.85. The van der Waals surface area contributed by atoms with Gasteiger partial charge in [-0.3, -0.25) is 0 Å². The van der Waals surface area contributed by atoms with E-state index in [0.717, 1.165) is 0 Å².